The molecule has 1 N–H and O–H groups in total. The third kappa shape index (κ3) is 4.68. The number of halogens is 2. The molecule has 16 heavy (non-hydrogen) atoms. The van der Waals surface area contributed by atoms with E-state index in [4.69, 9.17) is 5.11 Å². The Morgan fingerprint density at radius 3 is 2.31 bits per heavy atom. The zero-order valence-electron chi connectivity index (χ0n) is 9.58. The van der Waals surface area contributed by atoms with Crippen molar-refractivity contribution < 1.29 is 13.9 Å². The van der Waals surface area contributed by atoms with Gasteiger partial charge in [-0.05, 0) is 38.1 Å². The summed E-state index contributed by atoms with van der Waals surface area (Å²) in [5.41, 5.74) is 0.602. The highest BCUT2D eigenvalue weighted by Gasteiger charge is 2.05. The third-order valence-corrected chi connectivity index (χ3v) is 2.30. The van der Waals surface area contributed by atoms with Crippen LogP contribution in [0, 0.1) is 11.6 Å². The van der Waals surface area contributed by atoms with Crippen LogP contribution in [-0.2, 0) is 6.54 Å². The summed E-state index contributed by atoms with van der Waals surface area (Å²) in [6.07, 6.45) is 0.292. The van der Waals surface area contributed by atoms with E-state index in [2.05, 4.69) is 0 Å². The molecule has 0 aliphatic rings. The summed E-state index contributed by atoms with van der Waals surface area (Å²) in [6, 6.07) is 3.50. The van der Waals surface area contributed by atoms with Crippen LogP contribution >= 0.6 is 0 Å². The average molecular weight is 229 g/mol. The molecule has 0 spiro atoms. The van der Waals surface area contributed by atoms with E-state index in [1.165, 1.54) is 12.1 Å². The maximum atomic E-state index is 12.9. The topological polar surface area (TPSA) is 23.5 Å². The standard InChI is InChI=1S/C12H17F2NO/c1-9(16)3-4-15(2)8-10-5-11(13)7-12(14)6-10/h5-7,9,16H,3-4,8H2,1-2H3. The minimum atomic E-state index is -0.557. The van der Waals surface area contributed by atoms with Crippen molar-refractivity contribution in [1.82, 2.24) is 4.90 Å². The summed E-state index contributed by atoms with van der Waals surface area (Å²) in [4.78, 5) is 1.92. The van der Waals surface area contributed by atoms with E-state index in [1.54, 1.807) is 6.92 Å². The molecule has 0 heterocycles. The van der Waals surface area contributed by atoms with Gasteiger partial charge < -0.3 is 10.0 Å². The third-order valence-electron chi connectivity index (χ3n) is 2.30. The van der Waals surface area contributed by atoms with Crippen LogP contribution in [0.4, 0.5) is 8.78 Å². The normalized spacial score (nSPS) is 13.1. The van der Waals surface area contributed by atoms with Gasteiger partial charge in [-0.3, -0.25) is 0 Å². The van der Waals surface area contributed by atoms with Crippen LogP contribution in [0.15, 0.2) is 18.2 Å². The monoisotopic (exact) mass is 229 g/mol. The molecule has 2 nitrogen and oxygen atoms in total. The van der Waals surface area contributed by atoms with Crippen LogP contribution in [0.2, 0.25) is 0 Å². The predicted octanol–water partition coefficient (Wildman–Crippen LogP) is 2.17. The van der Waals surface area contributed by atoms with Crippen molar-refractivity contribution in [1.29, 1.82) is 0 Å². The maximum Gasteiger partial charge on any atom is 0.126 e. The van der Waals surface area contributed by atoms with Crippen molar-refractivity contribution in [3.05, 3.63) is 35.4 Å². The van der Waals surface area contributed by atoms with Gasteiger partial charge in [-0.2, -0.15) is 0 Å². The first-order valence-electron chi connectivity index (χ1n) is 5.29. The summed E-state index contributed by atoms with van der Waals surface area (Å²) in [5.74, 6) is -1.11. The zero-order valence-corrected chi connectivity index (χ0v) is 9.58. The van der Waals surface area contributed by atoms with Gasteiger partial charge in [-0.1, -0.05) is 0 Å². The van der Waals surface area contributed by atoms with E-state index >= 15 is 0 Å². The molecule has 0 radical (unpaired) electrons. The van der Waals surface area contributed by atoms with Gasteiger partial charge in [0.15, 0.2) is 0 Å². The van der Waals surface area contributed by atoms with Gasteiger partial charge in [-0.15, -0.1) is 0 Å². The zero-order chi connectivity index (χ0) is 12.1. The molecule has 1 rings (SSSR count). The Morgan fingerprint density at radius 1 is 1.25 bits per heavy atom. The Kier molecular flexibility index (Phi) is 4.83. The second kappa shape index (κ2) is 5.92. The molecule has 0 fully saturated rings. The van der Waals surface area contributed by atoms with Gasteiger partial charge >= 0.3 is 0 Å². The van der Waals surface area contributed by atoms with Gasteiger partial charge in [-0.25, -0.2) is 8.78 Å². The van der Waals surface area contributed by atoms with E-state index in [0.29, 0.717) is 25.1 Å². The highest BCUT2D eigenvalue weighted by atomic mass is 19.1. The molecule has 4 heteroatoms. The molecule has 0 aliphatic carbocycles. The number of aliphatic hydroxyl groups excluding tert-OH is 1. The summed E-state index contributed by atoms with van der Waals surface area (Å²) in [6.45, 7) is 2.88. The highest BCUT2D eigenvalue weighted by Crippen LogP contribution is 2.10. The van der Waals surface area contributed by atoms with Crippen LogP contribution in [0.3, 0.4) is 0 Å². The second-order valence-corrected chi connectivity index (χ2v) is 4.15. The Bertz CT molecular complexity index is 322. The largest absolute Gasteiger partial charge is 0.393 e. The minimum absolute atomic E-state index is 0.355. The smallest absolute Gasteiger partial charge is 0.126 e. The number of hydrogen-bond donors (Lipinski definition) is 1. The molecule has 1 atom stereocenters. The summed E-state index contributed by atoms with van der Waals surface area (Å²) in [7, 11) is 1.85. The van der Waals surface area contributed by atoms with Gasteiger partial charge in [0.1, 0.15) is 11.6 Å². The number of hydrogen-bond acceptors (Lipinski definition) is 2. The van der Waals surface area contributed by atoms with Gasteiger partial charge in [0.05, 0.1) is 6.10 Å². The second-order valence-electron chi connectivity index (χ2n) is 4.15. The molecular formula is C12H17F2NO. The summed E-state index contributed by atoms with van der Waals surface area (Å²) < 4.78 is 25.8. The van der Waals surface area contributed by atoms with E-state index in [0.717, 1.165) is 6.07 Å². The van der Waals surface area contributed by atoms with Crippen LogP contribution in [0.1, 0.15) is 18.9 Å². The van der Waals surface area contributed by atoms with E-state index in [9.17, 15) is 8.78 Å². The first-order valence-corrected chi connectivity index (χ1v) is 5.29. The molecule has 0 saturated carbocycles. The van der Waals surface area contributed by atoms with Crippen LogP contribution in [0.25, 0.3) is 0 Å². The Labute approximate surface area is 94.5 Å². The van der Waals surface area contributed by atoms with Crippen molar-refractivity contribution in [2.75, 3.05) is 13.6 Å². The Balaban J connectivity index is 2.52. The summed E-state index contributed by atoms with van der Waals surface area (Å²) in [5, 5.41) is 9.11. The Hall–Kier alpha value is -1.00. The van der Waals surface area contributed by atoms with Crippen molar-refractivity contribution in [3.8, 4) is 0 Å². The molecule has 0 amide bonds. The molecule has 0 bridgehead atoms. The van der Waals surface area contributed by atoms with Gasteiger partial charge in [0, 0.05) is 19.2 Å². The average Bonchev–Trinajstić information content (AvgIpc) is 2.12. The number of rotatable bonds is 5. The van der Waals surface area contributed by atoms with Crippen molar-refractivity contribution in [3.63, 3.8) is 0 Å². The van der Waals surface area contributed by atoms with E-state index < -0.39 is 11.6 Å². The minimum Gasteiger partial charge on any atom is -0.393 e. The molecule has 0 saturated heterocycles. The van der Waals surface area contributed by atoms with Crippen molar-refractivity contribution in [2.24, 2.45) is 0 Å². The lowest BCUT2D eigenvalue weighted by Gasteiger charge is -2.17. The molecule has 1 aromatic rings. The Morgan fingerprint density at radius 2 is 1.81 bits per heavy atom. The van der Waals surface area contributed by atoms with Crippen LogP contribution in [-0.4, -0.2) is 29.7 Å². The lowest BCUT2D eigenvalue weighted by Crippen LogP contribution is -2.22. The fourth-order valence-electron chi connectivity index (χ4n) is 1.50. The first-order chi connectivity index (χ1) is 7.47. The van der Waals surface area contributed by atoms with E-state index in [1.807, 2.05) is 11.9 Å². The summed E-state index contributed by atoms with van der Waals surface area (Å²) >= 11 is 0. The number of nitrogens with zero attached hydrogens (tertiary/aromatic N) is 1. The van der Waals surface area contributed by atoms with Crippen LogP contribution < -0.4 is 0 Å². The molecule has 1 aromatic carbocycles. The quantitative estimate of drug-likeness (QED) is 0.836. The molecular weight excluding hydrogens is 212 g/mol. The number of aliphatic hydroxyl groups is 1. The lowest BCUT2D eigenvalue weighted by molar-refractivity contribution is 0.163. The molecule has 0 aliphatic heterocycles. The van der Waals surface area contributed by atoms with Gasteiger partial charge in [0.25, 0.3) is 0 Å². The van der Waals surface area contributed by atoms with Gasteiger partial charge in [0.2, 0.25) is 0 Å². The van der Waals surface area contributed by atoms with Crippen LogP contribution in [0.5, 0.6) is 0 Å². The van der Waals surface area contributed by atoms with E-state index in [-0.39, 0.29) is 6.10 Å². The SMILES string of the molecule is CC(O)CCN(C)Cc1cc(F)cc(F)c1. The highest BCUT2D eigenvalue weighted by molar-refractivity contribution is 5.17. The fraction of sp³-hybridized carbons (Fsp3) is 0.500. The maximum absolute atomic E-state index is 12.9. The molecule has 90 valence electrons. The fourth-order valence-corrected chi connectivity index (χ4v) is 1.50. The van der Waals surface area contributed by atoms with Crippen molar-refractivity contribution in [2.45, 2.75) is 26.0 Å². The first kappa shape index (κ1) is 13.1. The molecule has 1 unspecified atom stereocenters. The van der Waals surface area contributed by atoms with Crippen molar-refractivity contribution >= 4 is 0 Å². The lowest BCUT2D eigenvalue weighted by atomic mass is 10.2. The molecule has 0 aromatic heterocycles. The predicted molar refractivity (Wildman–Crippen MR) is 59.0 cm³/mol. The number of benzene rings is 1.